The highest BCUT2D eigenvalue weighted by Gasteiger charge is 2.12. The van der Waals surface area contributed by atoms with Gasteiger partial charge in [-0.15, -0.1) is 0 Å². The normalized spacial score (nSPS) is 11.5. The Bertz CT molecular complexity index is 784. The van der Waals surface area contributed by atoms with Gasteiger partial charge in [-0.25, -0.2) is 8.78 Å². The van der Waals surface area contributed by atoms with Crippen molar-refractivity contribution in [1.82, 2.24) is 9.78 Å². The molecule has 0 unspecified atom stereocenters. The lowest BCUT2D eigenvalue weighted by Gasteiger charge is -2.05. The first kappa shape index (κ1) is 18.1. The van der Waals surface area contributed by atoms with E-state index in [1.165, 1.54) is 12.2 Å². The van der Waals surface area contributed by atoms with Crippen LogP contribution in [0, 0.1) is 24.5 Å². The SMILES string of the molecule is Cc1nn(CC(C)C)c(Cl)c1/C=C/C(=O)Nc1ccc(F)cc1F. The van der Waals surface area contributed by atoms with E-state index in [1.807, 2.05) is 13.8 Å². The lowest BCUT2D eigenvalue weighted by Crippen LogP contribution is -2.09. The van der Waals surface area contributed by atoms with Gasteiger partial charge in [0.05, 0.1) is 11.4 Å². The lowest BCUT2D eigenvalue weighted by atomic mass is 10.2. The van der Waals surface area contributed by atoms with Crippen LogP contribution in [0.5, 0.6) is 0 Å². The predicted octanol–water partition coefficient (Wildman–Crippen LogP) is 4.43. The summed E-state index contributed by atoms with van der Waals surface area (Å²) in [6, 6.07) is 2.94. The maximum atomic E-state index is 13.5. The fourth-order valence-electron chi connectivity index (χ4n) is 2.15. The summed E-state index contributed by atoms with van der Waals surface area (Å²) in [5.74, 6) is -1.72. The standard InChI is InChI=1S/C17H18ClF2N3O/c1-10(2)9-23-17(18)13(11(3)22-23)5-7-16(24)21-15-6-4-12(19)8-14(15)20/h4-8,10H,9H2,1-3H3,(H,21,24)/b7-5+. The Balaban J connectivity index is 2.13. The number of nitrogens with zero attached hydrogens (tertiary/aromatic N) is 2. The second-order valence-corrected chi connectivity index (χ2v) is 6.17. The molecular weight excluding hydrogens is 336 g/mol. The minimum absolute atomic E-state index is 0.0932. The van der Waals surface area contributed by atoms with Crippen LogP contribution in [-0.2, 0) is 11.3 Å². The van der Waals surface area contributed by atoms with Gasteiger partial charge in [0.1, 0.15) is 16.8 Å². The molecule has 0 spiro atoms. The Hall–Kier alpha value is -2.21. The summed E-state index contributed by atoms with van der Waals surface area (Å²) < 4.78 is 28.0. The molecular formula is C17H18ClF2N3O. The maximum Gasteiger partial charge on any atom is 0.248 e. The van der Waals surface area contributed by atoms with Crippen molar-refractivity contribution in [3.05, 3.63) is 52.3 Å². The van der Waals surface area contributed by atoms with E-state index in [0.717, 1.165) is 12.1 Å². The van der Waals surface area contributed by atoms with Crippen LogP contribution < -0.4 is 5.32 Å². The van der Waals surface area contributed by atoms with Crippen molar-refractivity contribution < 1.29 is 13.6 Å². The highest BCUT2D eigenvalue weighted by molar-refractivity contribution is 6.31. The Labute approximate surface area is 144 Å². The van der Waals surface area contributed by atoms with Crippen molar-refractivity contribution in [2.45, 2.75) is 27.3 Å². The third-order valence-electron chi connectivity index (χ3n) is 3.24. The van der Waals surface area contributed by atoms with Crippen LogP contribution in [0.15, 0.2) is 24.3 Å². The molecule has 0 fully saturated rings. The van der Waals surface area contributed by atoms with Crippen LogP contribution in [-0.4, -0.2) is 15.7 Å². The number of carbonyl (C=O) groups is 1. The van der Waals surface area contributed by atoms with Crippen molar-refractivity contribution in [1.29, 1.82) is 0 Å². The molecule has 0 atom stereocenters. The third kappa shape index (κ3) is 4.41. The highest BCUT2D eigenvalue weighted by atomic mass is 35.5. The smallest absolute Gasteiger partial charge is 0.248 e. The van der Waals surface area contributed by atoms with Gasteiger partial charge in [0.25, 0.3) is 0 Å². The highest BCUT2D eigenvalue weighted by Crippen LogP contribution is 2.22. The summed E-state index contributed by atoms with van der Waals surface area (Å²) in [7, 11) is 0. The van der Waals surface area contributed by atoms with Gasteiger partial charge >= 0.3 is 0 Å². The third-order valence-corrected chi connectivity index (χ3v) is 3.64. The van der Waals surface area contributed by atoms with E-state index >= 15 is 0 Å². The molecule has 0 aliphatic rings. The molecule has 128 valence electrons. The molecule has 0 radical (unpaired) electrons. The minimum atomic E-state index is -0.837. The molecule has 2 aromatic rings. The van der Waals surface area contributed by atoms with E-state index in [2.05, 4.69) is 10.4 Å². The van der Waals surface area contributed by atoms with Gasteiger partial charge in [0, 0.05) is 24.3 Å². The fraction of sp³-hybridized carbons (Fsp3) is 0.294. The van der Waals surface area contributed by atoms with Crippen LogP contribution in [0.4, 0.5) is 14.5 Å². The number of amides is 1. The Kier molecular flexibility index (Phi) is 5.72. The topological polar surface area (TPSA) is 46.9 Å². The summed E-state index contributed by atoms with van der Waals surface area (Å²) in [6.07, 6.45) is 2.76. The van der Waals surface area contributed by atoms with Gasteiger partial charge in [-0.2, -0.15) is 5.10 Å². The molecule has 0 aliphatic carbocycles. The van der Waals surface area contributed by atoms with E-state index in [-0.39, 0.29) is 5.69 Å². The molecule has 0 bridgehead atoms. The number of aryl methyl sites for hydroxylation is 1. The van der Waals surface area contributed by atoms with Gasteiger partial charge in [0.2, 0.25) is 5.91 Å². The van der Waals surface area contributed by atoms with Crippen molar-refractivity contribution in [3.8, 4) is 0 Å². The molecule has 0 saturated carbocycles. The first-order valence-electron chi connectivity index (χ1n) is 7.45. The lowest BCUT2D eigenvalue weighted by molar-refractivity contribution is -0.111. The molecule has 1 aromatic carbocycles. The summed E-state index contributed by atoms with van der Waals surface area (Å²) in [5, 5.41) is 7.13. The second-order valence-electron chi connectivity index (χ2n) is 5.81. The van der Waals surface area contributed by atoms with Gasteiger partial charge in [-0.3, -0.25) is 9.48 Å². The molecule has 1 amide bonds. The number of carbonyl (C=O) groups excluding carboxylic acids is 1. The summed E-state index contributed by atoms with van der Waals surface area (Å²) in [6.45, 7) is 6.56. The second kappa shape index (κ2) is 7.57. The monoisotopic (exact) mass is 353 g/mol. The quantitative estimate of drug-likeness (QED) is 0.808. The number of benzene rings is 1. The van der Waals surface area contributed by atoms with Crippen LogP contribution in [0.25, 0.3) is 6.08 Å². The first-order valence-corrected chi connectivity index (χ1v) is 7.82. The minimum Gasteiger partial charge on any atom is -0.320 e. The van der Waals surface area contributed by atoms with Gasteiger partial charge in [-0.05, 0) is 31.1 Å². The van der Waals surface area contributed by atoms with Crippen molar-refractivity contribution in [3.63, 3.8) is 0 Å². The molecule has 2 rings (SSSR count). The number of halogens is 3. The number of hydrogen-bond acceptors (Lipinski definition) is 2. The van der Waals surface area contributed by atoms with Crippen molar-refractivity contribution >= 4 is 29.3 Å². The van der Waals surface area contributed by atoms with E-state index in [4.69, 9.17) is 11.6 Å². The average molecular weight is 354 g/mol. The molecule has 4 nitrogen and oxygen atoms in total. The van der Waals surface area contributed by atoms with Crippen molar-refractivity contribution in [2.24, 2.45) is 5.92 Å². The van der Waals surface area contributed by atoms with Crippen LogP contribution >= 0.6 is 11.6 Å². The predicted molar refractivity (Wildman–Crippen MR) is 90.8 cm³/mol. The molecule has 0 saturated heterocycles. The van der Waals surface area contributed by atoms with E-state index in [0.29, 0.717) is 34.9 Å². The molecule has 1 heterocycles. The summed E-state index contributed by atoms with van der Waals surface area (Å²) >= 11 is 6.28. The van der Waals surface area contributed by atoms with Crippen LogP contribution in [0.2, 0.25) is 5.15 Å². The number of nitrogens with one attached hydrogen (secondary N) is 1. The van der Waals surface area contributed by atoms with E-state index in [9.17, 15) is 13.6 Å². The largest absolute Gasteiger partial charge is 0.320 e. The molecule has 0 aliphatic heterocycles. The number of hydrogen-bond donors (Lipinski definition) is 1. The van der Waals surface area contributed by atoms with Crippen molar-refractivity contribution in [2.75, 3.05) is 5.32 Å². The first-order chi connectivity index (χ1) is 11.3. The molecule has 7 heteroatoms. The zero-order valence-corrected chi connectivity index (χ0v) is 14.4. The number of aromatic nitrogens is 2. The Morgan fingerprint density at radius 1 is 1.42 bits per heavy atom. The molecule has 1 N–H and O–H groups in total. The summed E-state index contributed by atoms with van der Waals surface area (Å²) in [4.78, 5) is 11.9. The van der Waals surface area contributed by atoms with Crippen LogP contribution in [0.3, 0.4) is 0 Å². The van der Waals surface area contributed by atoms with Gasteiger partial charge in [0.15, 0.2) is 0 Å². The zero-order valence-electron chi connectivity index (χ0n) is 13.6. The Morgan fingerprint density at radius 2 is 2.12 bits per heavy atom. The molecule has 24 heavy (non-hydrogen) atoms. The average Bonchev–Trinajstić information content (AvgIpc) is 2.74. The zero-order chi connectivity index (χ0) is 17.9. The maximum absolute atomic E-state index is 13.5. The van der Waals surface area contributed by atoms with Gasteiger partial charge in [-0.1, -0.05) is 25.4 Å². The van der Waals surface area contributed by atoms with E-state index in [1.54, 1.807) is 11.6 Å². The Morgan fingerprint density at radius 3 is 2.75 bits per heavy atom. The van der Waals surface area contributed by atoms with Crippen LogP contribution in [0.1, 0.15) is 25.1 Å². The fourth-order valence-corrected chi connectivity index (χ4v) is 2.45. The summed E-state index contributed by atoms with van der Waals surface area (Å²) in [5.41, 5.74) is 1.23. The number of anilines is 1. The van der Waals surface area contributed by atoms with Gasteiger partial charge < -0.3 is 5.32 Å². The number of rotatable bonds is 5. The van der Waals surface area contributed by atoms with E-state index < -0.39 is 17.5 Å². The molecule has 1 aromatic heterocycles.